The van der Waals surface area contributed by atoms with Gasteiger partial charge in [0.1, 0.15) is 11.6 Å². The van der Waals surface area contributed by atoms with Gasteiger partial charge in [0.25, 0.3) is 5.91 Å². The monoisotopic (exact) mass is 272 g/mol. The molecular formula is C15H13FN2O2. The molecule has 0 saturated carbocycles. The van der Waals surface area contributed by atoms with E-state index in [1.807, 2.05) is 0 Å². The minimum Gasteiger partial charge on any atom is -0.465 e. The molecule has 0 bridgehead atoms. The number of hydrogen-bond acceptors (Lipinski definition) is 3. The number of nitrogens with zero attached hydrogens (tertiary/aromatic N) is 1. The zero-order valence-corrected chi connectivity index (χ0v) is 10.8. The van der Waals surface area contributed by atoms with Crippen LogP contribution in [0.3, 0.4) is 0 Å². The van der Waals surface area contributed by atoms with Gasteiger partial charge in [0.15, 0.2) is 0 Å². The van der Waals surface area contributed by atoms with Crippen LogP contribution in [0, 0.1) is 5.82 Å². The van der Waals surface area contributed by atoms with Gasteiger partial charge >= 0.3 is 0 Å². The highest BCUT2D eigenvalue weighted by atomic mass is 19.1. The zero-order chi connectivity index (χ0) is 14.4. The highest BCUT2D eigenvalue weighted by molar-refractivity contribution is 5.99. The summed E-state index contributed by atoms with van der Waals surface area (Å²) in [5, 5.41) is 3.86. The third-order valence-corrected chi connectivity index (χ3v) is 2.48. The normalized spacial score (nSPS) is 11.8. The average Bonchev–Trinajstić information content (AvgIpc) is 2.96. The number of halogens is 1. The molecule has 1 heterocycles. The topological polar surface area (TPSA) is 54.6 Å². The highest BCUT2D eigenvalue weighted by Gasteiger charge is 2.09. The van der Waals surface area contributed by atoms with E-state index < -0.39 is 11.7 Å². The number of carbonyl (C=O) groups is 1. The largest absolute Gasteiger partial charge is 0.465 e. The molecule has 2 rings (SSSR count). The van der Waals surface area contributed by atoms with Crippen molar-refractivity contribution in [2.24, 2.45) is 5.10 Å². The first-order chi connectivity index (χ1) is 9.66. The lowest BCUT2D eigenvalue weighted by atomic mass is 10.2. The van der Waals surface area contributed by atoms with Gasteiger partial charge < -0.3 is 4.42 Å². The fraction of sp³-hybridized carbons (Fsp3) is 0.0667. The first-order valence-corrected chi connectivity index (χ1v) is 5.97. The van der Waals surface area contributed by atoms with Gasteiger partial charge in [0.2, 0.25) is 0 Å². The van der Waals surface area contributed by atoms with E-state index >= 15 is 0 Å². The molecule has 1 aromatic carbocycles. The van der Waals surface area contributed by atoms with Crippen LogP contribution < -0.4 is 5.43 Å². The maximum absolute atomic E-state index is 13.4. The molecule has 0 fully saturated rings. The van der Waals surface area contributed by atoms with Crippen molar-refractivity contribution < 1.29 is 13.6 Å². The molecule has 1 aromatic heterocycles. The molecule has 1 amide bonds. The fourth-order valence-corrected chi connectivity index (χ4v) is 1.47. The second kappa shape index (κ2) is 6.47. The molecule has 0 saturated heterocycles. The number of rotatable bonds is 4. The SMILES string of the molecule is CC(C=Cc1ccco1)=NNC(=O)c1ccccc1F. The van der Waals surface area contributed by atoms with Crippen molar-refractivity contribution in [3.63, 3.8) is 0 Å². The molecule has 5 heteroatoms. The number of carbonyl (C=O) groups excluding carboxylic acids is 1. The predicted octanol–water partition coefficient (Wildman–Crippen LogP) is 3.24. The van der Waals surface area contributed by atoms with Crippen LogP contribution in [0.4, 0.5) is 4.39 Å². The summed E-state index contributed by atoms with van der Waals surface area (Å²) in [6, 6.07) is 9.29. The van der Waals surface area contributed by atoms with E-state index in [1.165, 1.54) is 18.2 Å². The quantitative estimate of drug-likeness (QED) is 0.686. The van der Waals surface area contributed by atoms with Gasteiger partial charge in [0.05, 0.1) is 17.5 Å². The fourth-order valence-electron chi connectivity index (χ4n) is 1.47. The van der Waals surface area contributed by atoms with E-state index in [0.29, 0.717) is 11.5 Å². The van der Waals surface area contributed by atoms with Crippen molar-refractivity contribution in [1.29, 1.82) is 0 Å². The Morgan fingerprint density at radius 3 is 2.80 bits per heavy atom. The van der Waals surface area contributed by atoms with E-state index in [9.17, 15) is 9.18 Å². The van der Waals surface area contributed by atoms with Crippen LogP contribution in [0.15, 0.2) is 58.3 Å². The number of furan rings is 1. The molecule has 0 aliphatic carbocycles. The molecule has 102 valence electrons. The summed E-state index contributed by atoms with van der Waals surface area (Å²) in [7, 11) is 0. The predicted molar refractivity (Wildman–Crippen MR) is 74.7 cm³/mol. The van der Waals surface area contributed by atoms with Gasteiger partial charge in [-0.3, -0.25) is 4.79 Å². The molecule has 4 nitrogen and oxygen atoms in total. The van der Waals surface area contributed by atoms with Gasteiger partial charge in [-0.1, -0.05) is 12.1 Å². The van der Waals surface area contributed by atoms with Gasteiger partial charge in [-0.05, 0) is 43.3 Å². The van der Waals surface area contributed by atoms with Crippen LogP contribution in [-0.4, -0.2) is 11.6 Å². The summed E-state index contributed by atoms with van der Waals surface area (Å²) in [6.45, 7) is 1.71. The second-order valence-corrected chi connectivity index (χ2v) is 4.02. The van der Waals surface area contributed by atoms with Gasteiger partial charge in [-0.25, -0.2) is 9.82 Å². The van der Waals surface area contributed by atoms with Crippen molar-refractivity contribution in [2.45, 2.75) is 6.92 Å². The van der Waals surface area contributed by atoms with Crippen LogP contribution in [-0.2, 0) is 0 Å². The lowest BCUT2D eigenvalue weighted by Gasteiger charge is -2.01. The number of allylic oxidation sites excluding steroid dienone is 1. The first-order valence-electron chi connectivity index (χ1n) is 5.97. The summed E-state index contributed by atoms with van der Waals surface area (Å²) in [6.07, 6.45) is 4.96. The van der Waals surface area contributed by atoms with Crippen molar-refractivity contribution >= 4 is 17.7 Å². The van der Waals surface area contributed by atoms with Gasteiger partial charge in [-0.2, -0.15) is 5.10 Å². The average molecular weight is 272 g/mol. The maximum Gasteiger partial charge on any atom is 0.274 e. The van der Waals surface area contributed by atoms with Crippen molar-refractivity contribution in [2.75, 3.05) is 0 Å². The number of amides is 1. The van der Waals surface area contributed by atoms with E-state index in [1.54, 1.807) is 43.5 Å². The summed E-state index contributed by atoms with van der Waals surface area (Å²) < 4.78 is 18.5. The Hall–Kier alpha value is -2.69. The number of nitrogens with one attached hydrogen (secondary N) is 1. The summed E-state index contributed by atoms with van der Waals surface area (Å²) >= 11 is 0. The number of benzene rings is 1. The van der Waals surface area contributed by atoms with Crippen LogP contribution in [0.25, 0.3) is 6.08 Å². The summed E-state index contributed by atoms with van der Waals surface area (Å²) in [4.78, 5) is 11.7. The first kappa shape index (κ1) is 13.7. The molecule has 0 spiro atoms. The molecule has 2 aromatic rings. The van der Waals surface area contributed by atoms with Crippen molar-refractivity contribution in [1.82, 2.24) is 5.43 Å². The van der Waals surface area contributed by atoms with Gasteiger partial charge in [0, 0.05) is 0 Å². The zero-order valence-electron chi connectivity index (χ0n) is 10.8. The van der Waals surface area contributed by atoms with Gasteiger partial charge in [-0.15, -0.1) is 0 Å². The Morgan fingerprint density at radius 1 is 1.30 bits per heavy atom. The molecule has 0 aliphatic rings. The minimum atomic E-state index is -0.589. The number of hydrazone groups is 1. The van der Waals surface area contributed by atoms with Crippen LogP contribution >= 0.6 is 0 Å². The molecule has 0 unspecified atom stereocenters. The van der Waals surface area contributed by atoms with E-state index in [2.05, 4.69) is 10.5 Å². The lowest BCUT2D eigenvalue weighted by molar-refractivity contribution is 0.0951. The molecule has 0 atom stereocenters. The summed E-state index contributed by atoms with van der Waals surface area (Å²) in [5.74, 6) is -0.488. The van der Waals surface area contributed by atoms with Crippen molar-refractivity contribution in [3.05, 3.63) is 65.9 Å². The molecule has 20 heavy (non-hydrogen) atoms. The molecule has 0 radical (unpaired) electrons. The maximum atomic E-state index is 13.4. The third kappa shape index (κ3) is 3.65. The Labute approximate surface area is 115 Å². The Bertz CT molecular complexity index is 646. The van der Waals surface area contributed by atoms with Crippen LogP contribution in [0.2, 0.25) is 0 Å². The van der Waals surface area contributed by atoms with Crippen LogP contribution in [0.5, 0.6) is 0 Å². The Morgan fingerprint density at radius 2 is 2.10 bits per heavy atom. The third-order valence-electron chi connectivity index (χ3n) is 2.48. The second-order valence-electron chi connectivity index (χ2n) is 4.02. The van der Waals surface area contributed by atoms with Crippen LogP contribution in [0.1, 0.15) is 23.0 Å². The van der Waals surface area contributed by atoms with E-state index in [0.717, 1.165) is 0 Å². The molecule has 1 N–H and O–H groups in total. The minimum absolute atomic E-state index is 0.0425. The van der Waals surface area contributed by atoms with E-state index in [4.69, 9.17) is 4.42 Å². The highest BCUT2D eigenvalue weighted by Crippen LogP contribution is 2.06. The Balaban J connectivity index is 1.98. The van der Waals surface area contributed by atoms with E-state index in [-0.39, 0.29) is 5.56 Å². The summed E-state index contributed by atoms with van der Waals surface area (Å²) in [5.41, 5.74) is 2.82. The van der Waals surface area contributed by atoms with Crippen molar-refractivity contribution in [3.8, 4) is 0 Å². The smallest absolute Gasteiger partial charge is 0.274 e. The molecular weight excluding hydrogens is 259 g/mol. The Kier molecular flexibility index (Phi) is 4.44. The number of hydrogen-bond donors (Lipinski definition) is 1. The standard InChI is InChI=1S/C15H13FN2O2/c1-11(8-9-12-5-4-10-20-12)17-18-15(19)13-6-2-3-7-14(13)16/h2-10H,1H3,(H,18,19). The lowest BCUT2D eigenvalue weighted by Crippen LogP contribution is -2.19. The molecule has 0 aliphatic heterocycles.